The standard InChI is InChI=1S/C38H24I2N4O6S2/c39-25(27-29(33(45)41-27)43-35(47)21-15-7-8-16-22(21)36(43)48)31(19-11-3-1-4-12-19)51-52-32(20-13-5-2-6-14-20)26(40)28-30(34(46)42-28)44-37(49)23-17-9-10-18-24(23)38(44)50/h1-18,27-30H,(H,41,45)(H,42,46)/b31-25+,32-26+/t27-,28-,29+,30+/m0/s1. The minimum atomic E-state index is -1.03. The average Bonchev–Trinajstić information content (AvgIpc) is 3.55. The molecule has 258 valence electrons. The summed E-state index contributed by atoms with van der Waals surface area (Å²) in [6, 6.07) is 28.9. The van der Waals surface area contributed by atoms with Gasteiger partial charge in [0.05, 0.1) is 34.3 Å². The molecule has 4 aliphatic rings. The molecule has 0 spiro atoms. The highest BCUT2D eigenvalue weighted by molar-refractivity contribution is 14.1. The van der Waals surface area contributed by atoms with Crippen molar-refractivity contribution in [3.63, 3.8) is 0 Å². The first-order valence-electron chi connectivity index (χ1n) is 16.0. The lowest BCUT2D eigenvalue weighted by Gasteiger charge is -2.42. The van der Waals surface area contributed by atoms with Crippen molar-refractivity contribution in [1.82, 2.24) is 20.4 Å². The van der Waals surface area contributed by atoms with Crippen LogP contribution in [0.2, 0.25) is 0 Å². The van der Waals surface area contributed by atoms with Crippen molar-refractivity contribution in [2.24, 2.45) is 0 Å². The van der Waals surface area contributed by atoms with Crippen LogP contribution in [-0.2, 0) is 9.59 Å². The van der Waals surface area contributed by atoms with Crippen LogP contribution in [0.1, 0.15) is 52.6 Å². The number of carbonyl (C=O) groups is 6. The number of fused-ring (bicyclic) bond motifs is 2. The molecule has 4 heterocycles. The lowest BCUT2D eigenvalue weighted by atomic mass is 9.95. The Kier molecular flexibility index (Phi) is 9.33. The molecule has 0 aromatic heterocycles. The van der Waals surface area contributed by atoms with Gasteiger partial charge in [0.2, 0.25) is 11.8 Å². The van der Waals surface area contributed by atoms with Gasteiger partial charge in [-0.15, -0.1) is 0 Å². The van der Waals surface area contributed by atoms with Gasteiger partial charge in [0, 0.05) is 17.0 Å². The molecule has 10 nitrogen and oxygen atoms in total. The molecule has 0 aliphatic carbocycles. The molecule has 4 aromatic carbocycles. The molecule has 2 saturated heterocycles. The first-order valence-corrected chi connectivity index (χ1v) is 20.3. The Bertz CT molecular complexity index is 2070. The maximum Gasteiger partial charge on any atom is 0.262 e. The van der Waals surface area contributed by atoms with Crippen LogP contribution in [0.25, 0.3) is 9.81 Å². The van der Waals surface area contributed by atoms with Crippen molar-refractivity contribution in [3.05, 3.63) is 150 Å². The van der Waals surface area contributed by atoms with Crippen molar-refractivity contribution in [3.8, 4) is 0 Å². The predicted molar refractivity (Wildman–Crippen MR) is 215 cm³/mol. The van der Waals surface area contributed by atoms with E-state index >= 15 is 0 Å². The van der Waals surface area contributed by atoms with Crippen LogP contribution < -0.4 is 10.6 Å². The number of carbonyl (C=O) groups excluding carboxylic acids is 6. The number of amides is 6. The second-order valence-electron chi connectivity index (χ2n) is 12.2. The lowest BCUT2D eigenvalue weighted by Crippen LogP contribution is -2.70. The van der Waals surface area contributed by atoms with E-state index in [1.807, 2.05) is 60.7 Å². The number of β-lactam (4-membered cyclic amide) rings is 2. The van der Waals surface area contributed by atoms with Gasteiger partial charge < -0.3 is 10.6 Å². The monoisotopic (exact) mass is 950 g/mol. The largest absolute Gasteiger partial charge is 0.344 e. The van der Waals surface area contributed by atoms with E-state index in [0.29, 0.717) is 0 Å². The summed E-state index contributed by atoms with van der Waals surface area (Å²) in [5.41, 5.74) is 2.80. The summed E-state index contributed by atoms with van der Waals surface area (Å²) in [6.45, 7) is 0. The molecule has 0 radical (unpaired) electrons. The summed E-state index contributed by atoms with van der Waals surface area (Å²) in [7, 11) is 2.86. The number of hydrogen-bond donors (Lipinski definition) is 2. The molecule has 4 aromatic rings. The number of hydrogen-bond acceptors (Lipinski definition) is 8. The van der Waals surface area contributed by atoms with E-state index in [0.717, 1.165) is 37.9 Å². The SMILES string of the molecule is O=C1N[C@@H](/C(I)=C(\SS/C(=C(/I)[C@@H]2NC(=O)[C@@H]2N2C(=O)c3ccccc3C2=O)c2ccccc2)c2ccccc2)[C@H]1N1C(=O)c2ccccc2C1=O. The van der Waals surface area contributed by atoms with E-state index in [1.165, 1.54) is 21.6 Å². The molecule has 0 saturated carbocycles. The highest BCUT2D eigenvalue weighted by Crippen LogP contribution is 2.52. The minimum absolute atomic E-state index is 0.271. The minimum Gasteiger partial charge on any atom is -0.344 e. The smallest absolute Gasteiger partial charge is 0.262 e. The highest BCUT2D eigenvalue weighted by atomic mass is 127. The van der Waals surface area contributed by atoms with Crippen LogP contribution in [0.5, 0.6) is 0 Å². The predicted octanol–water partition coefficient (Wildman–Crippen LogP) is 6.30. The van der Waals surface area contributed by atoms with Gasteiger partial charge in [-0.1, -0.05) is 107 Å². The van der Waals surface area contributed by atoms with E-state index in [1.54, 1.807) is 48.5 Å². The van der Waals surface area contributed by atoms with Crippen molar-refractivity contribution in [2.75, 3.05) is 0 Å². The van der Waals surface area contributed by atoms with Gasteiger partial charge in [-0.2, -0.15) is 0 Å². The normalized spacial score (nSPS) is 22.9. The summed E-state index contributed by atoms with van der Waals surface area (Å²) in [6.07, 6.45) is 0. The molecular weight excluding hydrogens is 926 g/mol. The molecular formula is C38H24I2N4O6S2. The van der Waals surface area contributed by atoms with Crippen LogP contribution >= 0.6 is 66.8 Å². The summed E-state index contributed by atoms with van der Waals surface area (Å²) in [4.78, 5) is 83.5. The fourth-order valence-electron chi connectivity index (χ4n) is 6.60. The number of benzene rings is 4. The molecule has 8 rings (SSSR count). The van der Waals surface area contributed by atoms with E-state index < -0.39 is 59.6 Å². The van der Waals surface area contributed by atoms with Gasteiger partial charge in [0.25, 0.3) is 23.6 Å². The molecule has 2 N–H and O–H groups in total. The Balaban J connectivity index is 1.14. The molecule has 0 bridgehead atoms. The Labute approximate surface area is 332 Å². The van der Waals surface area contributed by atoms with Crippen molar-refractivity contribution in [1.29, 1.82) is 0 Å². The molecule has 4 aliphatic heterocycles. The lowest BCUT2D eigenvalue weighted by molar-refractivity contribution is -0.133. The Morgan fingerprint density at radius 2 is 0.750 bits per heavy atom. The van der Waals surface area contributed by atoms with E-state index in [-0.39, 0.29) is 22.3 Å². The quantitative estimate of drug-likeness (QED) is 0.0866. The third kappa shape index (κ3) is 5.70. The fraction of sp³-hybridized carbons (Fsp3) is 0.105. The fourth-order valence-corrected chi connectivity index (χ4v) is 12.4. The van der Waals surface area contributed by atoms with Crippen LogP contribution in [0.4, 0.5) is 0 Å². The third-order valence-electron chi connectivity index (χ3n) is 9.23. The maximum atomic E-state index is 13.4. The van der Waals surface area contributed by atoms with Crippen molar-refractivity contribution >= 4 is 112 Å². The Hall–Kier alpha value is -4.26. The second-order valence-corrected chi connectivity index (χ2v) is 16.6. The topological polar surface area (TPSA) is 133 Å². The maximum absolute atomic E-state index is 13.4. The van der Waals surface area contributed by atoms with Crippen molar-refractivity contribution < 1.29 is 28.8 Å². The molecule has 6 amide bonds. The molecule has 52 heavy (non-hydrogen) atoms. The molecule has 2 fully saturated rings. The summed E-state index contributed by atoms with van der Waals surface area (Å²) < 4.78 is 1.46. The zero-order chi connectivity index (χ0) is 36.3. The van der Waals surface area contributed by atoms with E-state index in [9.17, 15) is 28.8 Å². The first kappa shape index (κ1) is 34.8. The second kappa shape index (κ2) is 13.9. The Morgan fingerprint density at radius 3 is 1.04 bits per heavy atom. The number of nitrogens with one attached hydrogen (secondary N) is 2. The number of halogens is 2. The molecule has 0 unspecified atom stereocenters. The Morgan fingerprint density at radius 1 is 0.462 bits per heavy atom. The third-order valence-corrected chi connectivity index (χ3v) is 15.0. The van der Waals surface area contributed by atoms with Gasteiger partial charge in [-0.05, 0) is 80.6 Å². The van der Waals surface area contributed by atoms with Gasteiger partial charge in [0.1, 0.15) is 12.1 Å². The number of rotatable bonds is 9. The van der Waals surface area contributed by atoms with Gasteiger partial charge in [-0.3, -0.25) is 38.6 Å². The van der Waals surface area contributed by atoms with Crippen LogP contribution in [-0.4, -0.2) is 69.4 Å². The van der Waals surface area contributed by atoms with Crippen LogP contribution in [0.15, 0.2) is 116 Å². The zero-order valence-corrected chi connectivity index (χ0v) is 32.6. The summed E-state index contributed by atoms with van der Waals surface area (Å²) in [5.74, 6) is -2.85. The number of imide groups is 2. The zero-order valence-electron chi connectivity index (χ0n) is 26.6. The van der Waals surface area contributed by atoms with Crippen molar-refractivity contribution in [2.45, 2.75) is 24.2 Å². The molecule has 14 heteroatoms. The summed E-state index contributed by atoms with van der Waals surface area (Å²) >= 11 is 4.36. The van der Waals surface area contributed by atoms with Gasteiger partial charge in [-0.25, -0.2) is 0 Å². The van der Waals surface area contributed by atoms with E-state index in [2.05, 4.69) is 55.8 Å². The van der Waals surface area contributed by atoms with Crippen LogP contribution in [0, 0.1) is 0 Å². The van der Waals surface area contributed by atoms with E-state index in [4.69, 9.17) is 0 Å². The summed E-state index contributed by atoms with van der Waals surface area (Å²) in [5, 5.41) is 5.84. The average molecular weight is 951 g/mol. The van der Waals surface area contributed by atoms with Gasteiger partial charge in [0.15, 0.2) is 0 Å². The number of nitrogens with zero attached hydrogens (tertiary/aromatic N) is 2. The molecule has 4 atom stereocenters. The highest BCUT2D eigenvalue weighted by Gasteiger charge is 2.54. The van der Waals surface area contributed by atoms with Crippen LogP contribution in [0.3, 0.4) is 0 Å². The first-order chi connectivity index (χ1) is 25.2. The van der Waals surface area contributed by atoms with Gasteiger partial charge >= 0.3 is 0 Å².